The summed E-state index contributed by atoms with van der Waals surface area (Å²) in [5.41, 5.74) is -0.133. The molecular weight excluding hydrogens is 258 g/mol. The van der Waals surface area contributed by atoms with Gasteiger partial charge in [0.15, 0.2) is 0 Å². The lowest BCUT2D eigenvalue weighted by Crippen LogP contribution is -2.46. The van der Waals surface area contributed by atoms with Crippen molar-refractivity contribution in [2.24, 2.45) is 5.92 Å². The van der Waals surface area contributed by atoms with Crippen LogP contribution in [0.15, 0.2) is 0 Å². The summed E-state index contributed by atoms with van der Waals surface area (Å²) >= 11 is 3.39. The summed E-state index contributed by atoms with van der Waals surface area (Å²) in [6.45, 7) is 6.67. The second-order valence-electron chi connectivity index (χ2n) is 4.89. The molecule has 1 rings (SSSR count). The second-order valence-corrected chi connectivity index (χ2v) is 5.68. The first-order valence-electron chi connectivity index (χ1n) is 5.44. The number of nitrogens with one attached hydrogen (secondary N) is 1. The molecule has 0 spiro atoms. The van der Waals surface area contributed by atoms with Crippen LogP contribution in [0.25, 0.3) is 0 Å². The molecule has 2 unspecified atom stereocenters. The standard InChI is InChI=1S/C11H20BrNO2/c1-8-6-9(7-15-8)10(14)13-11(2,3)4-5-12/h8-9H,4-7H2,1-3H3,(H,13,14). The minimum Gasteiger partial charge on any atom is -0.378 e. The quantitative estimate of drug-likeness (QED) is 0.800. The Bertz CT molecular complexity index is 231. The highest BCUT2D eigenvalue weighted by Gasteiger charge is 2.31. The summed E-state index contributed by atoms with van der Waals surface area (Å²) in [4.78, 5) is 11.9. The molecule has 0 bridgehead atoms. The molecule has 1 fully saturated rings. The smallest absolute Gasteiger partial charge is 0.225 e. The van der Waals surface area contributed by atoms with Gasteiger partial charge in [-0.25, -0.2) is 0 Å². The summed E-state index contributed by atoms with van der Waals surface area (Å²) in [5.74, 6) is 0.167. The van der Waals surface area contributed by atoms with Crippen molar-refractivity contribution in [1.82, 2.24) is 5.32 Å². The van der Waals surface area contributed by atoms with Crippen molar-refractivity contribution >= 4 is 21.8 Å². The van der Waals surface area contributed by atoms with E-state index in [1.807, 2.05) is 20.8 Å². The van der Waals surface area contributed by atoms with Gasteiger partial charge in [-0.15, -0.1) is 0 Å². The molecule has 88 valence electrons. The molecule has 4 heteroatoms. The van der Waals surface area contributed by atoms with E-state index in [1.165, 1.54) is 0 Å². The fraction of sp³-hybridized carbons (Fsp3) is 0.909. The average Bonchev–Trinajstić information content (AvgIpc) is 2.50. The largest absolute Gasteiger partial charge is 0.378 e. The second kappa shape index (κ2) is 5.30. The number of carbonyl (C=O) groups excluding carboxylic acids is 1. The third-order valence-corrected chi connectivity index (χ3v) is 3.15. The fourth-order valence-corrected chi connectivity index (χ4v) is 2.73. The minimum absolute atomic E-state index is 0.0367. The van der Waals surface area contributed by atoms with Crippen LogP contribution in [0.5, 0.6) is 0 Å². The Morgan fingerprint density at radius 2 is 2.27 bits per heavy atom. The van der Waals surface area contributed by atoms with Gasteiger partial charge in [-0.05, 0) is 33.6 Å². The van der Waals surface area contributed by atoms with E-state index in [4.69, 9.17) is 4.74 Å². The number of alkyl halides is 1. The van der Waals surface area contributed by atoms with Crippen LogP contribution in [0, 0.1) is 5.92 Å². The SMILES string of the molecule is CC1CC(C(=O)NC(C)(C)CCBr)CO1. The monoisotopic (exact) mass is 277 g/mol. The number of rotatable bonds is 4. The predicted molar refractivity (Wildman–Crippen MR) is 64.2 cm³/mol. The number of amides is 1. The average molecular weight is 278 g/mol. The Morgan fingerprint density at radius 1 is 1.60 bits per heavy atom. The molecule has 0 radical (unpaired) electrons. The maximum absolute atomic E-state index is 11.9. The Balaban J connectivity index is 2.41. The van der Waals surface area contributed by atoms with Crippen molar-refractivity contribution < 1.29 is 9.53 Å². The van der Waals surface area contributed by atoms with Crippen LogP contribution >= 0.6 is 15.9 Å². The van der Waals surface area contributed by atoms with E-state index < -0.39 is 0 Å². The Morgan fingerprint density at radius 3 is 2.73 bits per heavy atom. The van der Waals surface area contributed by atoms with Crippen LogP contribution in [-0.2, 0) is 9.53 Å². The third-order valence-electron chi connectivity index (χ3n) is 2.75. The number of hydrogen-bond acceptors (Lipinski definition) is 2. The first-order chi connectivity index (χ1) is 6.94. The Hall–Kier alpha value is -0.0900. The Labute approximate surface area is 100 Å². The van der Waals surface area contributed by atoms with Crippen LogP contribution in [0.4, 0.5) is 0 Å². The van der Waals surface area contributed by atoms with Gasteiger partial charge in [0.2, 0.25) is 5.91 Å². The number of carbonyl (C=O) groups is 1. The van der Waals surface area contributed by atoms with Gasteiger partial charge >= 0.3 is 0 Å². The lowest BCUT2D eigenvalue weighted by atomic mass is 9.99. The molecule has 15 heavy (non-hydrogen) atoms. The highest BCUT2D eigenvalue weighted by Crippen LogP contribution is 2.20. The van der Waals surface area contributed by atoms with E-state index in [9.17, 15) is 4.79 Å². The van der Waals surface area contributed by atoms with Crippen molar-refractivity contribution in [2.75, 3.05) is 11.9 Å². The molecule has 1 N–H and O–H groups in total. The van der Waals surface area contributed by atoms with Crippen LogP contribution in [0.2, 0.25) is 0 Å². The maximum atomic E-state index is 11.9. The van der Waals surface area contributed by atoms with Crippen molar-refractivity contribution in [1.29, 1.82) is 0 Å². The lowest BCUT2D eigenvalue weighted by molar-refractivity contribution is -0.126. The normalized spacial score (nSPS) is 26.7. The van der Waals surface area contributed by atoms with Gasteiger partial charge in [0.25, 0.3) is 0 Å². The first kappa shape index (κ1) is 13.0. The van der Waals surface area contributed by atoms with Crippen molar-refractivity contribution in [3.8, 4) is 0 Å². The number of halogens is 1. The molecule has 0 aliphatic carbocycles. The zero-order valence-electron chi connectivity index (χ0n) is 9.68. The van der Waals surface area contributed by atoms with E-state index in [2.05, 4.69) is 21.2 Å². The summed E-state index contributed by atoms with van der Waals surface area (Å²) in [5, 5.41) is 3.97. The molecular formula is C11H20BrNO2. The van der Waals surface area contributed by atoms with Crippen LogP contribution in [0.3, 0.4) is 0 Å². The molecule has 1 heterocycles. The van der Waals surface area contributed by atoms with Crippen LogP contribution < -0.4 is 5.32 Å². The zero-order valence-corrected chi connectivity index (χ0v) is 11.3. The van der Waals surface area contributed by atoms with Gasteiger partial charge in [0.05, 0.1) is 18.6 Å². The third kappa shape index (κ3) is 4.11. The zero-order chi connectivity index (χ0) is 11.5. The van der Waals surface area contributed by atoms with E-state index in [0.29, 0.717) is 6.61 Å². The predicted octanol–water partition coefficient (Wildman–Crippen LogP) is 2.09. The summed E-state index contributed by atoms with van der Waals surface area (Å²) in [6, 6.07) is 0. The highest BCUT2D eigenvalue weighted by atomic mass is 79.9. The molecule has 1 aliphatic rings. The molecule has 0 aromatic carbocycles. The molecule has 1 saturated heterocycles. The van der Waals surface area contributed by atoms with Crippen molar-refractivity contribution in [3.05, 3.63) is 0 Å². The molecule has 2 atom stereocenters. The molecule has 1 aliphatic heterocycles. The van der Waals surface area contributed by atoms with Crippen LogP contribution in [-0.4, -0.2) is 29.5 Å². The van der Waals surface area contributed by atoms with Crippen molar-refractivity contribution in [2.45, 2.75) is 45.3 Å². The summed E-state index contributed by atoms with van der Waals surface area (Å²) in [6.07, 6.45) is 2.00. The first-order valence-corrected chi connectivity index (χ1v) is 6.56. The van der Waals surface area contributed by atoms with Gasteiger partial charge < -0.3 is 10.1 Å². The Kier molecular flexibility index (Phi) is 4.59. The molecule has 3 nitrogen and oxygen atoms in total. The van der Waals surface area contributed by atoms with Gasteiger partial charge in [0.1, 0.15) is 0 Å². The van der Waals surface area contributed by atoms with Gasteiger partial charge in [0, 0.05) is 10.9 Å². The molecule has 1 amide bonds. The lowest BCUT2D eigenvalue weighted by Gasteiger charge is -2.26. The molecule has 0 aromatic rings. The molecule has 0 aromatic heterocycles. The highest BCUT2D eigenvalue weighted by molar-refractivity contribution is 9.09. The molecule has 0 saturated carbocycles. The topological polar surface area (TPSA) is 38.3 Å². The van der Waals surface area contributed by atoms with Gasteiger partial charge in [-0.1, -0.05) is 15.9 Å². The summed E-state index contributed by atoms with van der Waals surface area (Å²) in [7, 11) is 0. The van der Waals surface area contributed by atoms with E-state index in [0.717, 1.165) is 18.2 Å². The number of ether oxygens (including phenoxy) is 1. The van der Waals surface area contributed by atoms with Crippen molar-refractivity contribution in [3.63, 3.8) is 0 Å². The van der Waals surface area contributed by atoms with E-state index in [-0.39, 0.29) is 23.5 Å². The maximum Gasteiger partial charge on any atom is 0.225 e. The number of hydrogen-bond donors (Lipinski definition) is 1. The minimum atomic E-state index is -0.133. The van der Waals surface area contributed by atoms with Gasteiger partial charge in [-0.3, -0.25) is 4.79 Å². The van der Waals surface area contributed by atoms with E-state index >= 15 is 0 Å². The summed E-state index contributed by atoms with van der Waals surface area (Å²) < 4.78 is 5.39. The fourth-order valence-electron chi connectivity index (χ4n) is 1.73. The van der Waals surface area contributed by atoms with Gasteiger partial charge in [-0.2, -0.15) is 0 Å². The van der Waals surface area contributed by atoms with Crippen LogP contribution in [0.1, 0.15) is 33.6 Å². The van der Waals surface area contributed by atoms with E-state index in [1.54, 1.807) is 0 Å².